The van der Waals surface area contributed by atoms with Gasteiger partial charge in [-0.3, -0.25) is 9.59 Å². The van der Waals surface area contributed by atoms with Gasteiger partial charge in [-0.1, -0.05) is 38.3 Å². The van der Waals surface area contributed by atoms with Crippen molar-refractivity contribution >= 4 is 33.2 Å². The summed E-state index contributed by atoms with van der Waals surface area (Å²) in [6.45, 7) is 9.50. The second kappa shape index (κ2) is 13.7. The molecule has 0 radical (unpaired) electrons. The number of aryl methyl sites for hydroxylation is 1. The summed E-state index contributed by atoms with van der Waals surface area (Å²) in [6, 6.07) is 4.13. The number of carboxylic acid groups (broad SMARTS) is 2. The standard InChI is InChI=1S/C35H48N2O7S/c1-5-36-30-19-32-28(17-22(30)4)33(26-8-6-7-9-27(26)35(40)41)29-18-24(10-11-31(29)44-32)25(16-21(2)3)20-45(42,43)37-14-12-23(13-15-37)34(38)39/h11,17-19,21,23,25-27,36H,5-10,12-16,20H2,1-4H3,(H,38,39)(H,40,41). The number of ether oxygens (including phenoxy) is 1. The molecule has 246 valence electrons. The molecule has 2 aliphatic carbocycles. The van der Waals surface area contributed by atoms with Crippen LogP contribution in [0.15, 0.2) is 41.2 Å². The summed E-state index contributed by atoms with van der Waals surface area (Å²) in [4.78, 5) is 24.0. The van der Waals surface area contributed by atoms with Crippen LogP contribution in [-0.2, 0) is 19.6 Å². The lowest BCUT2D eigenvalue weighted by atomic mass is 9.70. The molecule has 0 spiro atoms. The third-order valence-electron chi connectivity index (χ3n) is 9.96. The Balaban J connectivity index is 1.57. The normalized spacial score (nSPS) is 23.4. The van der Waals surface area contributed by atoms with Gasteiger partial charge in [-0.25, -0.2) is 12.7 Å². The van der Waals surface area contributed by atoms with Crippen LogP contribution in [0.5, 0.6) is 5.75 Å². The van der Waals surface area contributed by atoms with Crippen LogP contribution in [0.4, 0.5) is 5.69 Å². The number of sulfonamides is 1. The Hall–Kier alpha value is -3.11. The number of nitrogens with one attached hydrogen (secondary N) is 1. The van der Waals surface area contributed by atoms with Gasteiger partial charge in [0.2, 0.25) is 10.0 Å². The minimum Gasteiger partial charge on any atom is -0.481 e. The van der Waals surface area contributed by atoms with Gasteiger partial charge >= 0.3 is 11.9 Å². The zero-order chi connectivity index (χ0) is 32.5. The van der Waals surface area contributed by atoms with E-state index in [9.17, 15) is 28.2 Å². The van der Waals surface area contributed by atoms with Crippen molar-refractivity contribution in [2.24, 2.45) is 29.6 Å². The van der Waals surface area contributed by atoms with E-state index in [1.165, 1.54) is 4.31 Å². The summed E-state index contributed by atoms with van der Waals surface area (Å²) in [5.41, 5.74) is 5.86. The molecule has 3 unspecified atom stereocenters. The molecule has 1 aromatic rings. The van der Waals surface area contributed by atoms with Crippen LogP contribution in [0.2, 0.25) is 0 Å². The molecule has 3 N–H and O–H groups in total. The average Bonchev–Trinajstić information content (AvgIpc) is 2.99. The fraction of sp³-hybridized carbons (Fsp3) is 0.600. The number of carboxylic acids is 2. The number of hydrogen-bond acceptors (Lipinski definition) is 6. The minimum absolute atomic E-state index is 0.0374. The average molecular weight is 641 g/mol. The predicted octanol–water partition coefficient (Wildman–Crippen LogP) is 6.47. The Morgan fingerprint density at radius 1 is 1.07 bits per heavy atom. The SMILES string of the molecule is CCNc1cc2c(cc1C)C(C1CCCCC1C(=O)O)=C1C=C(C(CC(C)C)CS(=O)(=O)N3CCC(C(=O)O)CC3)CC=C1O2. The van der Waals surface area contributed by atoms with Crippen LogP contribution in [0, 0.1) is 36.5 Å². The number of anilines is 1. The Bertz CT molecular complexity index is 1520. The van der Waals surface area contributed by atoms with Crippen LogP contribution in [0.1, 0.15) is 83.3 Å². The molecule has 0 amide bonds. The highest BCUT2D eigenvalue weighted by atomic mass is 32.2. The molecule has 5 rings (SSSR count). The van der Waals surface area contributed by atoms with Crippen molar-refractivity contribution in [3.05, 3.63) is 52.3 Å². The van der Waals surface area contributed by atoms with Gasteiger partial charge in [0.25, 0.3) is 0 Å². The second-order valence-electron chi connectivity index (χ2n) is 13.6. The van der Waals surface area contributed by atoms with Crippen molar-refractivity contribution in [3.63, 3.8) is 0 Å². The monoisotopic (exact) mass is 640 g/mol. The van der Waals surface area contributed by atoms with Crippen LogP contribution >= 0.6 is 0 Å². The maximum absolute atomic E-state index is 13.7. The van der Waals surface area contributed by atoms with Gasteiger partial charge in [-0.15, -0.1) is 0 Å². The van der Waals surface area contributed by atoms with Crippen molar-refractivity contribution in [3.8, 4) is 5.75 Å². The van der Waals surface area contributed by atoms with E-state index in [4.69, 9.17) is 4.74 Å². The van der Waals surface area contributed by atoms with Crippen LogP contribution in [0.3, 0.4) is 0 Å². The molecule has 1 saturated carbocycles. The van der Waals surface area contributed by atoms with Crippen molar-refractivity contribution in [2.45, 2.75) is 79.1 Å². The van der Waals surface area contributed by atoms with E-state index >= 15 is 0 Å². The minimum atomic E-state index is -3.63. The Kier molecular flexibility index (Phi) is 10.1. The zero-order valence-electron chi connectivity index (χ0n) is 27.0. The fourth-order valence-electron chi connectivity index (χ4n) is 7.66. The molecular formula is C35H48N2O7S. The van der Waals surface area contributed by atoms with Crippen molar-refractivity contribution in [1.29, 1.82) is 0 Å². The first kappa shape index (κ1) is 33.3. The van der Waals surface area contributed by atoms with Crippen LogP contribution < -0.4 is 10.1 Å². The summed E-state index contributed by atoms with van der Waals surface area (Å²) in [6.07, 6.45) is 9.28. The molecule has 0 aromatic heterocycles. The number of rotatable bonds is 11. The summed E-state index contributed by atoms with van der Waals surface area (Å²) >= 11 is 0. The highest BCUT2D eigenvalue weighted by Gasteiger charge is 2.40. The molecule has 2 aliphatic heterocycles. The molecule has 45 heavy (non-hydrogen) atoms. The number of fused-ring (bicyclic) bond motifs is 2. The van der Waals surface area contributed by atoms with Gasteiger partial charge in [-0.05, 0) is 93.4 Å². The maximum Gasteiger partial charge on any atom is 0.307 e. The lowest BCUT2D eigenvalue weighted by Gasteiger charge is -2.37. The second-order valence-corrected chi connectivity index (χ2v) is 15.6. The first-order chi connectivity index (χ1) is 21.4. The predicted molar refractivity (Wildman–Crippen MR) is 175 cm³/mol. The summed E-state index contributed by atoms with van der Waals surface area (Å²) in [5.74, 6) is -1.40. The number of aliphatic carboxylic acids is 2. The molecule has 3 atom stereocenters. The van der Waals surface area contributed by atoms with Crippen LogP contribution in [-0.4, -0.2) is 60.3 Å². The molecule has 4 aliphatic rings. The summed E-state index contributed by atoms with van der Waals surface area (Å²) in [7, 11) is -3.63. The number of carbonyl (C=O) groups is 2. The Morgan fingerprint density at radius 2 is 1.78 bits per heavy atom. The topological polar surface area (TPSA) is 133 Å². The van der Waals surface area contributed by atoms with E-state index in [1.54, 1.807) is 0 Å². The third kappa shape index (κ3) is 7.17. The lowest BCUT2D eigenvalue weighted by molar-refractivity contribution is -0.144. The quantitative estimate of drug-likeness (QED) is 0.251. The largest absolute Gasteiger partial charge is 0.481 e. The molecule has 10 heteroatoms. The van der Waals surface area contributed by atoms with E-state index in [-0.39, 0.29) is 36.6 Å². The highest BCUT2D eigenvalue weighted by molar-refractivity contribution is 7.89. The maximum atomic E-state index is 13.7. The number of allylic oxidation sites excluding steroid dienone is 4. The van der Waals surface area contributed by atoms with Gasteiger partial charge in [0, 0.05) is 42.5 Å². The van der Waals surface area contributed by atoms with Crippen molar-refractivity contribution < 1.29 is 33.0 Å². The summed E-state index contributed by atoms with van der Waals surface area (Å²) < 4.78 is 35.4. The molecule has 9 nitrogen and oxygen atoms in total. The van der Waals surface area contributed by atoms with Gasteiger partial charge in [-0.2, -0.15) is 0 Å². The van der Waals surface area contributed by atoms with E-state index in [0.29, 0.717) is 37.9 Å². The van der Waals surface area contributed by atoms with Crippen molar-refractivity contribution in [2.75, 3.05) is 30.7 Å². The van der Waals surface area contributed by atoms with E-state index < -0.39 is 33.8 Å². The molecular weight excluding hydrogens is 592 g/mol. The first-order valence-electron chi connectivity index (χ1n) is 16.5. The van der Waals surface area contributed by atoms with Gasteiger partial charge in [0.1, 0.15) is 11.5 Å². The van der Waals surface area contributed by atoms with Crippen LogP contribution in [0.25, 0.3) is 5.57 Å². The number of benzene rings is 1. The number of nitrogens with zero attached hydrogens (tertiary/aromatic N) is 1. The smallest absolute Gasteiger partial charge is 0.307 e. The Morgan fingerprint density at radius 3 is 2.42 bits per heavy atom. The first-order valence-corrected chi connectivity index (χ1v) is 18.2. The van der Waals surface area contributed by atoms with E-state index in [2.05, 4.69) is 31.3 Å². The molecule has 1 aromatic carbocycles. The molecule has 0 bridgehead atoms. The fourth-order valence-corrected chi connectivity index (χ4v) is 9.50. The molecule has 1 saturated heterocycles. The van der Waals surface area contributed by atoms with Gasteiger partial charge < -0.3 is 20.3 Å². The Labute approximate surface area is 267 Å². The molecule has 2 heterocycles. The van der Waals surface area contributed by atoms with Crippen molar-refractivity contribution in [1.82, 2.24) is 4.31 Å². The lowest BCUT2D eigenvalue weighted by Crippen LogP contribution is -2.42. The van der Waals surface area contributed by atoms with Gasteiger partial charge in [0.05, 0.1) is 17.6 Å². The zero-order valence-corrected chi connectivity index (χ0v) is 27.8. The van der Waals surface area contributed by atoms with Gasteiger partial charge in [0.15, 0.2) is 0 Å². The highest BCUT2D eigenvalue weighted by Crippen LogP contribution is 2.51. The number of hydrogen-bond donors (Lipinski definition) is 3. The summed E-state index contributed by atoms with van der Waals surface area (Å²) in [5, 5.41) is 23.1. The third-order valence-corrected chi connectivity index (χ3v) is 11.9. The molecule has 2 fully saturated rings. The number of piperidine rings is 1. The van der Waals surface area contributed by atoms with E-state index in [1.807, 2.05) is 26.0 Å². The van der Waals surface area contributed by atoms with E-state index in [0.717, 1.165) is 65.1 Å².